The van der Waals surface area contributed by atoms with E-state index in [1.807, 2.05) is 67.9 Å². The van der Waals surface area contributed by atoms with Crippen LogP contribution in [0.3, 0.4) is 0 Å². The molecule has 1 saturated heterocycles. The van der Waals surface area contributed by atoms with Crippen molar-refractivity contribution in [2.45, 2.75) is 40.5 Å². The van der Waals surface area contributed by atoms with Crippen LogP contribution in [0.15, 0.2) is 48.5 Å². The molecule has 34 heavy (non-hydrogen) atoms. The van der Waals surface area contributed by atoms with Gasteiger partial charge in [0.25, 0.3) is 0 Å². The molecule has 3 heterocycles. The number of amides is 1. The summed E-state index contributed by atoms with van der Waals surface area (Å²) in [6, 6.07) is 16.2. The lowest BCUT2D eigenvalue weighted by atomic mass is 9.96. The molecule has 7 nitrogen and oxygen atoms in total. The number of carbonyl (C=O) groups excluding carboxylic acids is 1. The van der Waals surface area contributed by atoms with Crippen LogP contribution in [-0.2, 0) is 4.79 Å². The van der Waals surface area contributed by atoms with E-state index in [0.717, 1.165) is 70.0 Å². The quantitative estimate of drug-likeness (QED) is 0.474. The Kier molecular flexibility index (Phi) is 5.77. The number of anilines is 2. The molecule has 1 fully saturated rings. The van der Waals surface area contributed by atoms with Crippen molar-refractivity contribution < 1.29 is 4.79 Å². The van der Waals surface area contributed by atoms with Gasteiger partial charge in [0.2, 0.25) is 5.91 Å². The molecule has 0 bridgehead atoms. The summed E-state index contributed by atoms with van der Waals surface area (Å²) >= 11 is 0. The van der Waals surface area contributed by atoms with Gasteiger partial charge in [0.1, 0.15) is 5.52 Å². The van der Waals surface area contributed by atoms with Gasteiger partial charge in [-0.15, -0.1) is 5.10 Å². The summed E-state index contributed by atoms with van der Waals surface area (Å²) in [7, 11) is 0. The van der Waals surface area contributed by atoms with Crippen LogP contribution in [0.2, 0.25) is 0 Å². The van der Waals surface area contributed by atoms with Gasteiger partial charge in [-0.05, 0) is 75.9 Å². The second-order valence-corrected chi connectivity index (χ2v) is 9.32. The van der Waals surface area contributed by atoms with Crippen molar-refractivity contribution in [1.29, 1.82) is 0 Å². The zero-order valence-electron chi connectivity index (χ0n) is 20.2. The van der Waals surface area contributed by atoms with Crippen LogP contribution in [-0.4, -0.2) is 39.0 Å². The zero-order chi connectivity index (χ0) is 23.8. The van der Waals surface area contributed by atoms with Gasteiger partial charge in [-0.1, -0.05) is 24.3 Å². The molecule has 7 heteroatoms. The van der Waals surface area contributed by atoms with Gasteiger partial charge in [0.05, 0.1) is 28.4 Å². The number of nitrogens with zero attached hydrogens (tertiary/aromatic N) is 5. The number of nitrogens with one attached hydrogen (secondary N) is 1. The van der Waals surface area contributed by atoms with Crippen molar-refractivity contribution in [3.63, 3.8) is 0 Å². The lowest BCUT2D eigenvalue weighted by molar-refractivity contribution is -0.120. The average molecular weight is 455 g/mol. The predicted molar refractivity (Wildman–Crippen MR) is 136 cm³/mol. The molecule has 174 valence electrons. The van der Waals surface area contributed by atoms with E-state index in [1.165, 1.54) is 0 Å². The summed E-state index contributed by atoms with van der Waals surface area (Å²) in [5.74, 6) is 0.685. The van der Waals surface area contributed by atoms with Crippen molar-refractivity contribution in [2.75, 3.05) is 23.3 Å². The van der Waals surface area contributed by atoms with Gasteiger partial charge in [-0.3, -0.25) is 4.79 Å². The first-order valence-electron chi connectivity index (χ1n) is 11.8. The van der Waals surface area contributed by atoms with E-state index in [-0.39, 0.29) is 11.8 Å². The van der Waals surface area contributed by atoms with Crippen molar-refractivity contribution in [3.8, 4) is 5.69 Å². The fourth-order valence-corrected chi connectivity index (χ4v) is 5.02. The Morgan fingerprint density at radius 2 is 1.74 bits per heavy atom. The van der Waals surface area contributed by atoms with E-state index in [9.17, 15) is 4.79 Å². The SMILES string of the molecule is Cc1cc(C)cc(NC(=O)[C@H]2CCCN(c3nnc(C)c4c(C)n(-c5ccccc5)nc34)C2)c1. The van der Waals surface area contributed by atoms with Gasteiger partial charge >= 0.3 is 0 Å². The van der Waals surface area contributed by atoms with E-state index in [0.29, 0.717) is 6.54 Å². The van der Waals surface area contributed by atoms with Crippen molar-refractivity contribution in [3.05, 3.63) is 71.0 Å². The number of para-hydroxylation sites is 1. The summed E-state index contributed by atoms with van der Waals surface area (Å²) in [6.07, 6.45) is 1.77. The van der Waals surface area contributed by atoms with E-state index < -0.39 is 0 Å². The maximum Gasteiger partial charge on any atom is 0.229 e. The van der Waals surface area contributed by atoms with Crippen LogP contribution in [0.4, 0.5) is 11.5 Å². The minimum atomic E-state index is -0.120. The number of carbonyl (C=O) groups is 1. The van der Waals surface area contributed by atoms with Gasteiger partial charge < -0.3 is 10.2 Å². The third-order valence-electron chi connectivity index (χ3n) is 6.57. The lowest BCUT2D eigenvalue weighted by Crippen LogP contribution is -2.41. The Morgan fingerprint density at radius 1 is 1.00 bits per heavy atom. The molecule has 0 radical (unpaired) electrons. The second kappa shape index (κ2) is 8.89. The summed E-state index contributed by atoms with van der Waals surface area (Å²) in [5.41, 5.74) is 6.88. The van der Waals surface area contributed by atoms with E-state index in [1.54, 1.807) is 0 Å². The lowest BCUT2D eigenvalue weighted by Gasteiger charge is -2.32. The average Bonchev–Trinajstić information content (AvgIpc) is 3.17. The Morgan fingerprint density at radius 3 is 2.47 bits per heavy atom. The highest BCUT2D eigenvalue weighted by Gasteiger charge is 2.29. The number of piperidine rings is 1. The maximum absolute atomic E-state index is 13.1. The molecule has 2 aromatic heterocycles. The Bertz CT molecular complexity index is 1340. The number of rotatable bonds is 4. The minimum absolute atomic E-state index is 0.0528. The molecule has 1 amide bonds. The van der Waals surface area contributed by atoms with Gasteiger partial charge in [0.15, 0.2) is 5.82 Å². The van der Waals surface area contributed by atoms with Crippen LogP contribution < -0.4 is 10.2 Å². The molecular weight excluding hydrogens is 424 g/mol. The summed E-state index contributed by atoms with van der Waals surface area (Å²) in [6.45, 7) is 9.56. The number of hydrogen-bond acceptors (Lipinski definition) is 5. The van der Waals surface area contributed by atoms with Crippen LogP contribution in [0.25, 0.3) is 16.6 Å². The number of fused-ring (bicyclic) bond motifs is 1. The molecule has 4 aromatic rings. The molecule has 5 rings (SSSR count). The Labute approximate surface area is 199 Å². The predicted octanol–water partition coefficient (Wildman–Crippen LogP) is 4.90. The highest BCUT2D eigenvalue weighted by atomic mass is 16.1. The molecule has 0 spiro atoms. The molecule has 1 aliphatic heterocycles. The molecule has 0 unspecified atom stereocenters. The fourth-order valence-electron chi connectivity index (χ4n) is 5.02. The molecule has 1 atom stereocenters. The number of benzene rings is 2. The zero-order valence-corrected chi connectivity index (χ0v) is 20.2. The van der Waals surface area contributed by atoms with E-state index in [2.05, 4.69) is 33.4 Å². The largest absolute Gasteiger partial charge is 0.352 e. The molecule has 1 N–H and O–H groups in total. The standard InChI is InChI=1S/C27H30N6O/c1-17-13-18(2)15-22(14-17)28-27(34)21-9-8-12-32(16-21)26-25-24(19(3)29-30-26)20(4)33(31-25)23-10-6-5-7-11-23/h5-7,10-11,13-15,21H,8-9,12,16H2,1-4H3,(H,28,34)/t21-/m0/s1. The fraction of sp³-hybridized carbons (Fsp3) is 0.333. The molecule has 0 aliphatic carbocycles. The highest BCUT2D eigenvalue weighted by Crippen LogP contribution is 2.32. The Balaban J connectivity index is 1.44. The second-order valence-electron chi connectivity index (χ2n) is 9.32. The Hall–Kier alpha value is -3.74. The highest BCUT2D eigenvalue weighted by molar-refractivity contribution is 5.95. The molecule has 1 aliphatic rings. The van der Waals surface area contributed by atoms with Crippen LogP contribution in [0, 0.1) is 33.6 Å². The smallest absolute Gasteiger partial charge is 0.229 e. The van der Waals surface area contributed by atoms with Crippen molar-refractivity contribution in [2.24, 2.45) is 5.92 Å². The summed E-state index contributed by atoms with van der Waals surface area (Å²) < 4.78 is 1.96. The first-order valence-corrected chi connectivity index (χ1v) is 11.8. The van der Waals surface area contributed by atoms with Crippen molar-refractivity contribution in [1.82, 2.24) is 20.0 Å². The van der Waals surface area contributed by atoms with Crippen LogP contribution in [0.1, 0.15) is 35.4 Å². The first-order chi connectivity index (χ1) is 16.4. The van der Waals surface area contributed by atoms with Gasteiger partial charge in [0, 0.05) is 18.8 Å². The third kappa shape index (κ3) is 4.14. The number of hydrogen-bond donors (Lipinski definition) is 1. The van der Waals surface area contributed by atoms with Crippen molar-refractivity contribution >= 4 is 28.3 Å². The number of aromatic nitrogens is 4. The van der Waals surface area contributed by atoms with Gasteiger partial charge in [-0.2, -0.15) is 10.2 Å². The van der Waals surface area contributed by atoms with Gasteiger partial charge in [-0.25, -0.2) is 4.68 Å². The van der Waals surface area contributed by atoms with Crippen LogP contribution in [0.5, 0.6) is 0 Å². The van der Waals surface area contributed by atoms with E-state index >= 15 is 0 Å². The minimum Gasteiger partial charge on any atom is -0.352 e. The topological polar surface area (TPSA) is 75.9 Å². The summed E-state index contributed by atoms with van der Waals surface area (Å²) in [5, 5.41) is 18.1. The first kappa shape index (κ1) is 22.1. The molecule has 0 saturated carbocycles. The molecule has 2 aromatic carbocycles. The van der Waals surface area contributed by atoms with E-state index in [4.69, 9.17) is 5.10 Å². The monoisotopic (exact) mass is 454 g/mol. The number of aryl methyl sites for hydroxylation is 4. The normalized spacial score (nSPS) is 16.1. The maximum atomic E-state index is 13.1. The molecular formula is C27H30N6O. The van der Waals surface area contributed by atoms with Crippen LogP contribution >= 0.6 is 0 Å². The summed E-state index contributed by atoms with van der Waals surface area (Å²) in [4.78, 5) is 15.3. The third-order valence-corrected chi connectivity index (χ3v) is 6.57.